The zero-order chi connectivity index (χ0) is 17.9. The molecule has 134 valence electrons. The van der Waals surface area contributed by atoms with E-state index >= 15 is 0 Å². The number of likely N-dealkylation sites (tertiary alicyclic amines) is 1. The monoisotopic (exact) mass is 362 g/mol. The summed E-state index contributed by atoms with van der Waals surface area (Å²) in [5.74, 6) is -0.661. The number of rotatable bonds is 2. The molecule has 2 heterocycles. The number of piperidine rings is 1. The van der Waals surface area contributed by atoms with E-state index in [4.69, 9.17) is 0 Å². The summed E-state index contributed by atoms with van der Waals surface area (Å²) in [7, 11) is -1.92. The number of nitrogens with zero attached hydrogens (tertiary/aromatic N) is 2. The van der Waals surface area contributed by atoms with E-state index in [1.54, 1.807) is 11.9 Å². The van der Waals surface area contributed by atoms with E-state index in [2.05, 4.69) is 0 Å². The number of carbonyl (C=O) groups is 2. The molecule has 3 aliphatic rings. The van der Waals surface area contributed by atoms with Gasteiger partial charge in [0, 0.05) is 33.0 Å². The van der Waals surface area contributed by atoms with Gasteiger partial charge in [-0.05, 0) is 18.4 Å². The molecule has 2 amide bonds. The summed E-state index contributed by atoms with van der Waals surface area (Å²) in [4.78, 5) is 27.0. The Morgan fingerprint density at radius 2 is 1.64 bits per heavy atom. The van der Waals surface area contributed by atoms with Crippen LogP contribution in [0.25, 0.3) is 0 Å². The summed E-state index contributed by atoms with van der Waals surface area (Å²) in [5.41, 5.74) is 0.614. The quantitative estimate of drug-likeness (QED) is 0.784. The van der Waals surface area contributed by atoms with Crippen LogP contribution in [-0.4, -0.2) is 60.8 Å². The lowest BCUT2D eigenvalue weighted by Crippen LogP contribution is -2.56. The van der Waals surface area contributed by atoms with Crippen molar-refractivity contribution in [3.8, 4) is 0 Å². The van der Waals surface area contributed by atoms with Crippen LogP contribution in [0.4, 0.5) is 0 Å². The molecule has 0 atom stereocenters. The molecule has 2 aliphatic heterocycles. The zero-order valence-corrected chi connectivity index (χ0v) is 15.1. The Labute approximate surface area is 147 Å². The van der Waals surface area contributed by atoms with Crippen molar-refractivity contribution in [2.75, 3.05) is 25.9 Å². The van der Waals surface area contributed by atoms with Gasteiger partial charge in [-0.25, -0.2) is 8.42 Å². The minimum Gasteiger partial charge on any atom is -0.342 e. The van der Waals surface area contributed by atoms with Crippen molar-refractivity contribution in [1.82, 2.24) is 9.80 Å². The Kier molecular flexibility index (Phi) is 3.51. The molecule has 0 radical (unpaired) electrons. The van der Waals surface area contributed by atoms with Crippen LogP contribution in [0.1, 0.15) is 31.2 Å². The van der Waals surface area contributed by atoms with E-state index in [-0.39, 0.29) is 11.8 Å². The molecular weight excluding hydrogens is 340 g/mol. The molecule has 7 heteroatoms. The lowest BCUT2D eigenvalue weighted by Gasteiger charge is -2.42. The van der Waals surface area contributed by atoms with Crippen LogP contribution in [0.2, 0.25) is 0 Å². The predicted octanol–water partition coefficient (Wildman–Crippen LogP) is 0.924. The van der Waals surface area contributed by atoms with Gasteiger partial charge >= 0.3 is 0 Å². The average molecular weight is 362 g/mol. The molecule has 6 nitrogen and oxygen atoms in total. The molecule has 0 aromatic heterocycles. The van der Waals surface area contributed by atoms with Crippen LogP contribution in [0.15, 0.2) is 30.3 Å². The highest BCUT2D eigenvalue weighted by Gasteiger charge is 2.59. The Morgan fingerprint density at radius 1 is 1.04 bits per heavy atom. The maximum Gasteiger partial charge on any atom is 0.238 e. The third-order valence-electron chi connectivity index (χ3n) is 6.20. The first-order valence-electron chi connectivity index (χ1n) is 8.66. The van der Waals surface area contributed by atoms with Crippen LogP contribution in [-0.2, 0) is 24.8 Å². The minimum atomic E-state index is -3.49. The van der Waals surface area contributed by atoms with Crippen molar-refractivity contribution < 1.29 is 18.0 Å². The topological polar surface area (TPSA) is 74.8 Å². The molecule has 1 aromatic carbocycles. The molecule has 1 aliphatic carbocycles. The van der Waals surface area contributed by atoms with Gasteiger partial charge in [0.15, 0.2) is 9.84 Å². The summed E-state index contributed by atoms with van der Waals surface area (Å²) in [6.07, 6.45) is 2.28. The Hall–Kier alpha value is -1.89. The summed E-state index contributed by atoms with van der Waals surface area (Å²) in [5, 5.41) is 0. The Bertz CT molecular complexity index is 822. The maximum absolute atomic E-state index is 13.1. The van der Waals surface area contributed by atoms with Crippen molar-refractivity contribution in [3.63, 3.8) is 0 Å². The van der Waals surface area contributed by atoms with Crippen LogP contribution in [0.3, 0.4) is 0 Å². The number of hydrogen-bond acceptors (Lipinski definition) is 4. The first kappa shape index (κ1) is 16.6. The molecule has 0 N–H and O–H groups in total. The number of hydrogen-bond donors (Lipinski definition) is 0. The van der Waals surface area contributed by atoms with E-state index in [0.29, 0.717) is 25.9 Å². The molecule has 0 bridgehead atoms. The van der Waals surface area contributed by atoms with E-state index in [1.807, 2.05) is 30.3 Å². The number of amides is 2. The predicted molar refractivity (Wildman–Crippen MR) is 92.5 cm³/mol. The first-order chi connectivity index (χ1) is 11.8. The van der Waals surface area contributed by atoms with Crippen molar-refractivity contribution in [3.05, 3.63) is 35.9 Å². The summed E-state index contributed by atoms with van der Waals surface area (Å²) >= 11 is 0. The van der Waals surface area contributed by atoms with Gasteiger partial charge in [0.2, 0.25) is 11.8 Å². The zero-order valence-electron chi connectivity index (χ0n) is 14.3. The molecule has 25 heavy (non-hydrogen) atoms. The van der Waals surface area contributed by atoms with Gasteiger partial charge in [-0.1, -0.05) is 30.3 Å². The molecule has 2 saturated heterocycles. The van der Waals surface area contributed by atoms with Gasteiger partial charge in [-0.15, -0.1) is 0 Å². The van der Waals surface area contributed by atoms with Gasteiger partial charge in [-0.2, -0.15) is 0 Å². The van der Waals surface area contributed by atoms with Crippen molar-refractivity contribution in [2.45, 2.75) is 36.0 Å². The molecule has 4 rings (SSSR count). The summed E-state index contributed by atoms with van der Waals surface area (Å²) in [6.45, 7) is 0.758. The molecule has 1 saturated carbocycles. The maximum atomic E-state index is 13.1. The van der Waals surface area contributed by atoms with Crippen molar-refractivity contribution in [2.24, 2.45) is 0 Å². The lowest BCUT2D eigenvalue weighted by atomic mass is 9.92. The number of sulfone groups is 1. The second-order valence-corrected chi connectivity index (χ2v) is 9.68. The average Bonchev–Trinajstić information content (AvgIpc) is 3.40. The second kappa shape index (κ2) is 5.30. The standard InChI is InChI=1S/C18H22N2O4S/c1-19-15(21)13-25(23,24)18(19)9-11-20(12-10-18)16(22)17(7-8-17)14-5-3-2-4-6-14/h2-6H,7-13H2,1H3. The highest BCUT2D eigenvalue weighted by Crippen LogP contribution is 2.50. The second-order valence-electron chi connectivity index (χ2n) is 7.40. The SMILES string of the molecule is CN1C(=O)CS(=O)(=O)C12CCN(C(=O)C1(c3ccccc3)CC1)CC2. The van der Waals surface area contributed by atoms with Crippen LogP contribution in [0.5, 0.6) is 0 Å². The van der Waals surface area contributed by atoms with Crippen molar-refractivity contribution >= 4 is 21.7 Å². The van der Waals surface area contributed by atoms with Crippen LogP contribution < -0.4 is 0 Å². The fraction of sp³-hybridized carbons (Fsp3) is 0.556. The van der Waals surface area contributed by atoms with Crippen LogP contribution >= 0.6 is 0 Å². The highest BCUT2D eigenvalue weighted by atomic mass is 32.2. The minimum absolute atomic E-state index is 0.0953. The number of benzene rings is 1. The van der Waals surface area contributed by atoms with Gasteiger partial charge in [0.25, 0.3) is 0 Å². The van der Waals surface area contributed by atoms with E-state index in [0.717, 1.165) is 18.4 Å². The normalized spacial score (nSPS) is 26.0. The van der Waals surface area contributed by atoms with E-state index in [9.17, 15) is 18.0 Å². The van der Waals surface area contributed by atoms with Gasteiger partial charge < -0.3 is 9.80 Å². The third kappa shape index (κ3) is 2.25. The van der Waals surface area contributed by atoms with Gasteiger partial charge in [-0.3, -0.25) is 9.59 Å². The fourth-order valence-corrected chi connectivity index (χ4v) is 6.46. The molecule has 1 spiro atoms. The lowest BCUT2D eigenvalue weighted by molar-refractivity contribution is -0.136. The first-order valence-corrected chi connectivity index (χ1v) is 10.3. The van der Waals surface area contributed by atoms with E-state index in [1.165, 1.54) is 4.90 Å². The van der Waals surface area contributed by atoms with E-state index < -0.39 is 25.9 Å². The molecule has 1 aromatic rings. The van der Waals surface area contributed by atoms with Crippen LogP contribution in [0, 0.1) is 0 Å². The summed E-state index contributed by atoms with van der Waals surface area (Å²) in [6, 6.07) is 9.81. The Morgan fingerprint density at radius 3 is 2.12 bits per heavy atom. The number of carbonyl (C=O) groups excluding carboxylic acids is 2. The smallest absolute Gasteiger partial charge is 0.238 e. The third-order valence-corrected chi connectivity index (χ3v) is 8.66. The highest BCUT2D eigenvalue weighted by molar-refractivity contribution is 7.93. The molecular formula is C18H22N2O4S. The summed E-state index contributed by atoms with van der Waals surface area (Å²) < 4.78 is 25.0. The largest absolute Gasteiger partial charge is 0.342 e. The van der Waals surface area contributed by atoms with Gasteiger partial charge in [0.1, 0.15) is 10.6 Å². The molecule has 0 unspecified atom stereocenters. The Balaban J connectivity index is 1.53. The molecule has 3 fully saturated rings. The van der Waals surface area contributed by atoms with Gasteiger partial charge in [0.05, 0.1) is 5.41 Å². The fourth-order valence-electron chi connectivity index (χ4n) is 4.35. The van der Waals surface area contributed by atoms with Crippen molar-refractivity contribution in [1.29, 1.82) is 0 Å².